The van der Waals surface area contributed by atoms with Crippen molar-refractivity contribution in [2.75, 3.05) is 0 Å². The molecule has 5 heteroatoms. The van der Waals surface area contributed by atoms with Crippen molar-refractivity contribution in [3.8, 4) is 17.2 Å². The zero-order chi connectivity index (χ0) is 18.4. The quantitative estimate of drug-likeness (QED) is 0.622. The molecule has 3 aromatic rings. The standard InChI is InChI=1S/C20H21BrN4/c1-19(2,3)17-16-15(6-7-23-18(16)25-24-17)12-8-13(10-14(21)9-12)20(4,5)11-22/h6-10H,1-5H3,(H,23,24,25). The minimum Gasteiger partial charge on any atom is -0.260 e. The van der Waals surface area contributed by atoms with E-state index in [4.69, 9.17) is 0 Å². The summed E-state index contributed by atoms with van der Waals surface area (Å²) in [5.41, 5.74) is 4.21. The molecule has 4 nitrogen and oxygen atoms in total. The minimum absolute atomic E-state index is 0.100. The Kier molecular flexibility index (Phi) is 4.20. The van der Waals surface area contributed by atoms with Crippen LogP contribution < -0.4 is 0 Å². The topological polar surface area (TPSA) is 65.4 Å². The van der Waals surface area contributed by atoms with Crippen LogP contribution in [0.3, 0.4) is 0 Å². The number of nitriles is 1. The third-order valence-corrected chi connectivity index (χ3v) is 4.84. The van der Waals surface area contributed by atoms with Crippen LogP contribution >= 0.6 is 15.9 Å². The van der Waals surface area contributed by atoms with Crippen LogP contribution in [-0.4, -0.2) is 15.2 Å². The van der Waals surface area contributed by atoms with E-state index < -0.39 is 5.41 Å². The Morgan fingerprint density at radius 1 is 1.12 bits per heavy atom. The molecule has 128 valence electrons. The number of aromatic amines is 1. The largest absolute Gasteiger partial charge is 0.260 e. The summed E-state index contributed by atoms with van der Waals surface area (Å²) in [4.78, 5) is 4.43. The van der Waals surface area contributed by atoms with Crippen LogP contribution in [0.15, 0.2) is 34.9 Å². The molecule has 0 aliphatic heterocycles. The molecule has 0 amide bonds. The summed E-state index contributed by atoms with van der Waals surface area (Å²) in [5.74, 6) is 0. The molecule has 2 aromatic heterocycles. The first-order valence-corrected chi connectivity index (χ1v) is 8.99. The highest BCUT2D eigenvalue weighted by Crippen LogP contribution is 2.37. The fraction of sp³-hybridized carbons (Fsp3) is 0.350. The van der Waals surface area contributed by atoms with Gasteiger partial charge in [-0.1, -0.05) is 36.7 Å². The van der Waals surface area contributed by atoms with E-state index in [2.05, 4.69) is 70.1 Å². The third-order valence-electron chi connectivity index (χ3n) is 4.38. The Bertz CT molecular complexity index is 987. The van der Waals surface area contributed by atoms with E-state index in [0.717, 1.165) is 37.9 Å². The molecule has 0 saturated heterocycles. The summed E-state index contributed by atoms with van der Waals surface area (Å²) in [7, 11) is 0. The van der Waals surface area contributed by atoms with Crippen molar-refractivity contribution >= 4 is 27.0 Å². The monoisotopic (exact) mass is 396 g/mol. The van der Waals surface area contributed by atoms with Gasteiger partial charge in [0, 0.05) is 16.1 Å². The predicted octanol–water partition coefficient (Wildman–Crippen LogP) is 5.49. The van der Waals surface area contributed by atoms with E-state index in [9.17, 15) is 5.26 Å². The van der Waals surface area contributed by atoms with E-state index in [1.807, 2.05) is 26.0 Å². The molecule has 0 radical (unpaired) electrons. The van der Waals surface area contributed by atoms with Gasteiger partial charge in [0.05, 0.1) is 22.6 Å². The SMILES string of the molecule is CC(C)(C)c1n[nH]c2nccc(-c3cc(Br)cc(C(C)(C)C#N)c3)c12. The molecule has 0 spiro atoms. The molecule has 3 rings (SSSR count). The molecular weight excluding hydrogens is 376 g/mol. The van der Waals surface area contributed by atoms with Crippen molar-refractivity contribution in [2.24, 2.45) is 0 Å². The van der Waals surface area contributed by atoms with Crippen molar-refractivity contribution in [1.29, 1.82) is 5.26 Å². The van der Waals surface area contributed by atoms with Crippen LogP contribution in [0.4, 0.5) is 0 Å². The molecule has 2 heterocycles. The van der Waals surface area contributed by atoms with Gasteiger partial charge in [-0.05, 0) is 54.8 Å². The summed E-state index contributed by atoms with van der Waals surface area (Å²) in [6.45, 7) is 10.3. The molecule has 0 atom stereocenters. The van der Waals surface area contributed by atoms with Crippen molar-refractivity contribution in [1.82, 2.24) is 15.2 Å². The van der Waals surface area contributed by atoms with Gasteiger partial charge in [0.1, 0.15) is 0 Å². The van der Waals surface area contributed by atoms with Crippen LogP contribution in [0.2, 0.25) is 0 Å². The van der Waals surface area contributed by atoms with E-state index in [-0.39, 0.29) is 5.41 Å². The van der Waals surface area contributed by atoms with Gasteiger partial charge in [-0.2, -0.15) is 10.4 Å². The average molecular weight is 397 g/mol. The van der Waals surface area contributed by atoms with Crippen molar-refractivity contribution in [2.45, 2.75) is 45.4 Å². The lowest BCUT2D eigenvalue weighted by molar-refractivity contribution is 0.571. The summed E-state index contributed by atoms with van der Waals surface area (Å²) < 4.78 is 0.953. The first kappa shape index (κ1) is 17.6. The fourth-order valence-electron chi connectivity index (χ4n) is 2.90. The van der Waals surface area contributed by atoms with Crippen LogP contribution in [0.25, 0.3) is 22.2 Å². The van der Waals surface area contributed by atoms with E-state index >= 15 is 0 Å². The van der Waals surface area contributed by atoms with Gasteiger partial charge < -0.3 is 0 Å². The summed E-state index contributed by atoms with van der Waals surface area (Å²) in [5, 5.41) is 18.1. The molecule has 1 aromatic carbocycles. The first-order valence-electron chi connectivity index (χ1n) is 8.20. The zero-order valence-corrected chi connectivity index (χ0v) is 16.7. The number of pyridine rings is 1. The van der Waals surface area contributed by atoms with Crippen LogP contribution in [0, 0.1) is 11.3 Å². The molecule has 1 N–H and O–H groups in total. The van der Waals surface area contributed by atoms with Gasteiger partial charge in [0.15, 0.2) is 5.65 Å². The number of nitrogens with zero attached hydrogens (tertiary/aromatic N) is 3. The lowest BCUT2D eigenvalue weighted by atomic mass is 9.84. The Hall–Kier alpha value is -2.19. The molecule has 0 fully saturated rings. The Labute approximate surface area is 156 Å². The van der Waals surface area contributed by atoms with Crippen LogP contribution in [0.5, 0.6) is 0 Å². The fourth-order valence-corrected chi connectivity index (χ4v) is 3.40. The molecular formula is C20H21BrN4. The minimum atomic E-state index is -0.562. The van der Waals surface area contributed by atoms with E-state index in [1.165, 1.54) is 0 Å². The molecule has 25 heavy (non-hydrogen) atoms. The van der Waals surface area contributed by atoms with Crippen LogP contribution in [0.1, 0.15) is 45.9 Å². The molecule has 0 bridgehead atoms. The maximum Gasteiger partial charge on any atom is 0.156 e. The number of hydrogen-bond donors (Lipinski definition) is 1. The Balaban J connectivity index is 2.31. The zero-order valence-electron chi connectivity index (χ0n) is 15.1. The highest BCUT2D eigenvalue weighted by atomic mass is 79.9. The maximum absolute atomic E-state index is 9.50. The molecule has 0 aliphatic carbocycles. The smallest absolute Gasteiger partial charge is 0.156 e. The Morgan fingerprint density at radius 2 is 1.84 bits per heavy atom. The average Bonchev–Trinajstić information content (AvgIpc) is 2.98. The first-order chi connectivity index (χ1) is 11.6. The lowest BCUT2D eigenvalue weighted by Crippen LogP contribution is -2.14. The van der Waals surface area contributed by atoms with Gasteiger partial charge in [-0.25, -0.2) is 4.98 Å². The van der Waals surface area contributed by atoms with Gasteiger partial charge in [-0.3, -0.25) is 5.10 Å². The maximum atomic E-state index is 9.50. The van der Waals surface area contributed by atoms with Crippen molar-refractivity contribution in [3.63, 3.8) is 0 Å². The van der Waals surface area contributed by atoms with Gasteiger partial charge in [0.2, 0.25) is 0 Å². The number of H-pyrrole nitrogens is 1. The lowest BCUT2D eigenvalue weighted by Gasteiger charge is -2.19. The number of halogens is 1. The highest BCUT2D eigenvalue weighted by molar-refractivity contribution is 9.10. The second kappa shape index (κ2) is 5.96. The highest BCUT2D eigenvalue weighted by Gasteiger charge is 2.25. The molecule has 0 unspecified atom stereocenters. The summed E-state index contributed by atoms with van der Waals surface area (Å²) >= 11 is 3.60. The number of benzene rings is 1. The van der Waals surface area contributed by atoms with Crippen LogP contribution in [-0.2, 0) is 10.8 Å². The summed E-state index contributed by atoms with van der Waals surface area (Å²) in [6, 6.07) is 10.6. The van der Waals surface area contributed by atoms with E-state index in [1.54, 1.807) is 6.20 Å². The third kappa shape index (κ3) is 3.19. The molecule has 0 aliphatic rings. The molecule has 0 saturated carbocycles. The second-order valence-electron chi connectivity index (χ2n) is 7.87. The second-order valence-corrected chi connectivity index (χ2v) is 8.79. The number of nitrogens with one attached hydrogen (secondary N) is 1. The number of aromatic nitrogens is 3. The number of rotatable bonds is 2. The van der Waals surface area contributed by atoms with Gasteiger partial charge >= 0.3 is 0 Å². The predicted molar refractivity (Wildman–Crippen MR) is 104 cm³/mol. The normalized spacial score (nSPS) is 12.4. The number of fused-ring (bicyclic) bond motifs is 1. The van der Waals surface area contributed by atoms with Gasteiger partial charge in [-0.15, -0.1) is 0 Å². The van der Waals surface area contributed by atoms with Gasteiger partial charge in [0.25, 0.3) is 0 Å². The Morgan fingerprint density at radius 3 is 2.48 bits per heavy atom. The van der Waals surface area contributed by atoms with E-state index in [0.29, 0.717) is 0 Å². The number of hydrogen-bond acceptors (Lipinski definition) is 3. The summed E-state index contributed by atoms with van der Waals surface area (Å²) in [6.07, 6.45) is 1.79. The van der Waals surface area contributed by atoms with Crippen molar-refractivity contribution < 1.29 is 0 Å². The van der Waals surface area contributed by atoms with Crippen molar-refractivity contribution in [3.05, 3.63) is 46.2 Å².